The summed E-state index contributed by atoms with van der Waals surface area (Å²) in [4.78, 5) is 4.91. The molecule has 0 radical (unpaired) electrons. The molecule has 0 N–H and O–H groups in total. The minimum absolute atomic E-state index is 0.0861. The molecule has 2 nitrogen and oxygen atoms in total. The Kier molecular flexibility index (Phi) is 9.40. The van der Waals surface area contributed by atoms with Crippen LogP contribution >= 0.6 is 0 Å². The lowest BCUT2D eigenvalue weighted by Gasteiger charge is -2.32. The lowest BCUT2D eigenvalue weighted by atomic mass is 9.82. The van der Waals surface area contributed by atoms with Crippen molar-refractivity contribution in [3.8, 4) is 44.5 Å². The van der Waals surface area contributed by atoms with Crippen LogP contribution in [-0.2, 0) is 11.8 Å². The summed E-state index contributed by atoms with van der Waals surface area (Å²) in [5.41, 5.74) is 25.3. The zero-order chi connectivity index (χ0) is 44.5. The largest absolute Gasteiger partial charge is 0.310 e. The van der Waals surface area contributed by atoms with Crippen LogP contribution in [0.3, 0.4) is 0 Å². The molecule has 66 heavy (non-hydrogen) atoms. The van der Waals surface area contributed by atoms with Gasteiger partial charge in [0.25, 0.3) is 0 Å². The summed E-state index contributed by atoms with van der Waals surface area (Å²) in [6.45, 7) is 9.36. The van der Waals surface area contributed by atoms with E-state index in [9.17, 15) is 0 Å². The highest BCUT2D eigenvalue weighted by Gasteiger charge is 2.36. The van der Waals surface area contributed by atoms with E-state index >= 15 is 0 Å². The van der Waals surface area contributed by atoms with Gasteiger partial charge in [0.05, 0.1) is 5.69 Å². The predicted octanol–water partition coefficient (Wildman–Crippen LogP) is 17.6. The maximum atomic E-state index is 2.52. The van der Waals surface area contributed by atoms with Gasteiger partial charge in [0.15, 0.2) is 0 Å². The third kappa shape index (κ3) is 6.31. The van der Waals surface area contributed by atoms with Gasteiger partial charge in [-0.2, -0.15) is 0 Å². The van der Waals surface area contributed by atoms with Crippen molar-refractivity contribution in [1.29, 1.82) is 0 Å². The summed E-state index contributed by atoms with van der Waals surface area (Å²) in [5, 5.41) is 2.51. The van der Waals surface area contributed by atoms with Crippen molar-refractivity contribution in [1.82, 2.24) is 0 Å². The fourth-order valence-electron chi connectivity index (χ4n) is 11.2. The maximum absolute atomic E-state index is 2.52. The molecule has 12 rings (SSSR count). The van der Waals surface area contributed by atoms with Crippen molar-refractivity contribution in [3.63, 3.8) is 0 Å². The number of para-hydroxylation sites is 2. The molecule has 0 bridgehead atoms. The zero-order valence-electron chi connectivity index (χ0n) is 37.9. The van der Waals surface area contributed by atoms with Gasteiger partial charge >= 0.3 is 0 Å². The van der Waals surface area contributed by atoms with E-state index in [0.29, 0.717) is 0 Å². The summed E-state index contributed by atoms with van der Waals surface area (Å²) >= 11 is 0. The number of fused-ring (bicyclic) bond motifs is 7. The van der Waals surface area contributed by atoms with Crippen LogP contribution < -0.4 is 9.80 Å². The molecule has 0 unspecified atom stereocenters. The van der Waals surface area contributed by atoms with Crippen LogP contribution in [-0.4, -0.2) is 0 Å². The second-order valence-corrected chi connectivity index (χ2v) is 18.5. The Morgan fingerprint density at radius 3 is 1.59 bits per heavy atom. The van der Waals surface area contributed by atoms with E-state index in [2.05, 4.69) is 256 Å². The molecule has 0 atom stereocenters. The first kappa shape index (κ1) is 39.6. The smallest absolute Gasteiger partial charge is 0.0584 e. The van der Waals surface area contributed by atoms with Crippen LogP contribution in [0.25, 0.3) is 55.3 Å². The van der Waals surface area contributed by atoms with Crippen LogP contribution in [0.4, 0.5) is 34.1 Å². The molecule has 316 valence electrons. The van der Waals surface area contributed by atoms with Gasteiger partial charge in [0.1, 0.15) is 0 Å². The third-order valence-corrected chi connectivity index (χ3v) is 14.5. The number of nitrogens with zero attached hydrogens (tertiary/aromatic N) is 2. The maximum Gasteiger partial charge on any atom is 0.0584 e. The van der Waals surface area contributed by atoms with Gasteiger partial charge in [-0.3, -0.25) is 0 Å². The van der Waals surface area contributed by atoms with Gasteiger partial charge in [0, 0.05) is 45.8 Å². The normalized spacial score (nSPS) is 12.9. The molecule has 0 spiro atoms. The fraction of sp³-hybridized carbons (Fsp3) is 0.0938. The van der Waals surface area contributed by atoms with Crippen molar-refractivity contribution < 1.29 is 0 Å². The van der Waals surface area contributed by atoms with E-state index in [1.54, 1.807) is 0 Å². The molecule has 0 fully saturated rings. The Bertz CT molecular complexity index is 3470. The minimum atomic E-state index is -0.0861. The van der Waals surface area contributed by atoms with Gasteiger partial charge in [-0.1, -0.05) is 172 Å². The van der Waals surface area contributed by atoms with Gasteiger partial charge < -0.3 is 9.80 Å². The second kappa shape index (κ2) is 15.6. The topological polar surface area (TPSA) is 6.48 Å². The van der Waals surface area contributed by atoms with E-state index < -0.39 is 0 Å². The molecule has 2 aliphatic rings. The van der Waals surface area contributed by atoms with Crippen molar-refractivity contribution in [2.45, 2.75) is 39.5 Å². The summed E-state index contributed by atoms with van der Waals surface area (Å²) in [5.74, 6) is 0. The van der Waals surface area contributed by atoms with Gasteiger partial charge in [-0.15, -0.1) is 0 Å². The Morgan fingerprint density at radius 1 is 0.379 bits per heavy atom. The highest BCUT2D eigenvalue weighted by Crippen LogP contribution is 2.55. The molecule has 0 aliphatic heterocycles. The van der Waals surface area contributed by atoms with Crippen LogP contribution in [0.2, 0.25) is 0 Å². The average molecular weight is 847 g/mol. The van der Waals surface area contributed by atoms with Crippen LogP contribution in [0, 0.1) is 13.8 Å². The molecular formula is C64H50N2. The number of rotatable bonds is 8. The summed E-state index contributed by atoms with van der Waals surface area (Å²) < 4.78 is 0. The van der Waals surface area contributed by atoms with Crippen molar-refractivity contribution in [2.24, 2.45) is 0 Å². The lowest BCUT2D eigenvalue weighted by Crippen LogP contribution is -2.16. The first-order valence-electron chi connectivity index (χ1n) is 23.2. The molecule has 0 amide bonds. The molecule has 0 aromatic heterocycles. The number of benzene rings is 10. The molecule has 0 saturated heterocycles. The second-order valence-electron chi connectivity index (χ2n) is 18.5. The van der Waals surface area contributed by atoms with Crippen molar-refractivity contribution in [2.75, 3.05) is 9.80 Å². The minimum Gasteiger partial charge on any atom is -0.310 e. The molecule has 2 heteroatoms. The van der Waals surface area contributed by atoms with E-state index in [-0.39, 0.29) is 5.41 Å². The molecule has 0 saturated carbocycles. The summed E-state index contributed by atoms with van der Waals surface area (Å²) in [6, 6.07) is 80.4. The zero-order valence-corrected chi connectivity index (χ0v) is 37.9. The monoisotopic (exact) mass is 846 g/mol. The Balaban J connectivity index is 0.962. The van der Waals surface area contributed by atoms with Crippen molar-refractivity contribution in [3.05, 3.63) is 252 Å². The van der Waals surface area contributed by atoms with E-state index in [0.717, 1.165) is 34.9 Å². The van der Waals surface area contributed by atoms with Gasteiger partial charge in [-0.25, -0.2) is 0 Å². The molecule has 10 aromatic carbocycles. The van der Waals surface area contributed by atoms with Crippen LogP contribution in [0.1, 0.15) is 47.2 Å². The quantitative estimate of drug-likeness (QED) is 0.150. The Morgan fingerprint density at radius 2 is 0.879 bits per heavy atom. The third-order valence-electron chi connectivity index (χ3n) is 14.5. The Hall–Kier alpha value is -7.94. The number of anilines is 6. The SMILES string of the molecule is Cc1c(C)c(-c2cccc3ccccc23)c(N(c2ccccc2)c2ccc(-c3ccc(N(c4ccccc4)c4ccc5c(c4)C(C)(C)c4ccccc4-5)cc3)cc2)c2c1-c1ccccc1C2. The van der Waals surface area contributed by atoms with Gasteiger partial charge in [0.2, 0.25) is 0 Å². The summed E-state index contributed by atoms with van der Waals surface area (Å²) in [6.07, 6.45) is 0.879. The van der Waals surface area contributed by atoms with Gasteiger partial charge in [-0.05, 0) is 158 Å². The molecule has 10 aromatic rings. The number of hydrogen-bond acceptors (Lipinski definition) is 2. The molecular weight excluding hydrogens is 797 g/mol. The van der Waals surface area contributed by atoms with Crippen molar-refractivity contribution >= 4 is 44.9 Å². The average Bonchev–Trinajstić information content (AvgIpc) is 3.86. The number of hydrogen-bond donors (Lipinski definition) is 0. The molecule has 2 aliphatic carbocycles. The van der Waals surface area contributed by atoms with E-state index in [1.165, 1.54) is 94.3 Å². The molecule has 0 heterocycles. The van der Waals surface area contributed by atoms with Crippen LogP contribution in [0.5, 0.6) is 0 Å². The first-order chi connectivity index (χ1) is 32.3. The standard InChI is InChI=1S/C64H50N2/c1-42-43(2)62(57-28-17-20-46-18-11-13-25-53(46)57)63(58-40-47-19-12-14-26-54(47)61(42)58)66(49-23-9-6-10-24-49)51-36-32-45(33-37-51)44-30-34-50(35-31-44)65(48-21-7-5-8-22-48)52-38-39-56-55-27-15-16-29-59(55)64(3,4)60(56)41-52/h5-39,41H,40H2,1-4H3. The lowest BCUT2D eigenvalue weighted by molar-refractivity contribution is 0.660. The van der Waals surface area contributed by atoms with E-state index in [4.69, 9.17) is 0 Å². The summed E-state index contributed by atoms with van der Waals surface area (Å²) in [7, 11) is 0. The first-order valence-corrected chi connectivity index (χ1v) is 23.2. The predicted molar refractivity (Wildman–Crippen MR) is 279 cm³/mol. The highest BCUT2D eigenvalue weighted by atomic mass is 15.2. The fourth-order valence-corrected chi connectivity index (χ4v) is 11.2. The highest BCUT2D eigenvalue weighted by molar-refractivity contribution is 6.06. The van der Waals surface area contributed by atoms with Crippen LogP contribution in [0.15, 0.2) is 218 Å². The Labute approximate surface area is 388 Å². The van der Waals surface area contributed by atoms with E-state index in [1.807, 2.05) is 0 Å².